The van der Waals surface area contributed by atoms with Crippen molar-refractivity contribution in [1.29, 1.82) is 0 Å². The molecule has 1 heterocycles. The number of hydrogen-bond donors (Lipinski definition) is 1. The van der Waals surface area contributed by atoms with Crippen molar-refractivity contribution in [3.8, 4) is 5.75 Å². The number of H-pyrrole nitrogens is 1. The fraction of sp³-hybridized carbons (Fsp3) is 0.0833. The van der Waals surface area contributed by atoms with E-state index in [1.807, 2.05) is 12.1 Å². The van der Waals surface area contributed by atoms with Crippen LogP contribution in [-0.2, 0) is 0 Å². The molecule has 128 valence electrons. The molecule has 1 atom stereocenters. The van der Waals surface area contributed by atoms with E-state index in [4.69, 9.17) is 4.74 Å². The van der Waals surface area contributed by atoms with Gasteiger partial charge in [0.05, 0.1) is 7.11 Å². The van der Waals surface area contributed by atoms with Crippen molar-refractivity contribution in [3.05, 3.63) is 108 Å². The van der Waals surface area contributed by atoms with Crippen molar-refractivity contribution in [2.24, 2.45) is 0 Å². The Morgan fingerprint density at radius 2 is 1.62 bits per heavy atom. The van der Waals surface area contributed by atoms with Crippen molar-refractivity contribution in [2.75, 3.05) is 7.11 Å². The van der Waals surface area contributed by atoms with Gasteiger partial charge in [0, 0.05) is 23.0 Å². The zero-order chi connectivity index (χ0) is 17.8. The summed E-state index contributed by atoms with van der Waals surface area (Å²) in [5.41, 5.74) is 4.83. The Bertz CT molecular complexity index is 1020. The third-order valence-corrected chi connectivity index (χ3v) is 4.70. The van der Waals surface area contributed by atoms with Crippen molar-refractivity contribution in [1.82, 2.24) is 4.98 Å². The first-order chi connectivity index (χ1) is 12.8. The second-order valence-corrected chi connectivity index (χ2v) is 6.31. The highest BCUT2D eigenvalue weighted by molar-refractivity contribution is 5.86. The minimum absolute atomic E-state index is 0.164. The van der Waals surface area contributed by atoms with Crippen molar-refractivity contribution >= 4 is 17.0 Å². The fourth-order valence-corrected chi connectivity index (χ4v) is 3.33. The van der Waals surface area contributed by atoms with E-state index in [1.165, 1.54) is 22.1 Å². The lowest BCUT2D eigenvalue weighted by Crippen LogP contribution is -1.97. The normalized spacial score (nSPS) is 12.5. The Hall–Kier alpha value is -3.26. The Balaban J connectivity index is 1.82. The maximum atomic E-state index is 5.43. The first kappa shape index (κ1) is 16.2. The highest BCUT2D eigenvalue weighted by Gasteiger charge is 2.16. The zero-order valence-corrected chi connectivity index (χ0v) is 14.7. The van der Waals surface area contributed by atoms with Gasteiger partial charge in [0.25, 0.3) is 0 Å². The van der Waals surface area contributed by atoms with Crippen LogP contribution in [0.15, 0.2) is 91.1 Å². The quantitative estimate of drug-likeness (QED) is 0.472. The summed E-state index contributed by atoms with van der Waals surface area (Å²) in [5, 5.41) is 1.19. The molecule has 1 aromatic heterocycles. The largest absolute Gasteiger partial charge is 0.497 e. The van der Waals surface area contributed by atoms with E-state index in [9.17, 15) is 0 Å². The lowest BCUT2D eigenvalue weighted by molar-refractivity contribution is 0.415. The van der Waals surface area contributed by atoms with Crippen LogP contribution in [0.3, 0.4) is 0 Å². The van der Waals surface area contributed by atoms with E-state index in [0.717, 1.165) is 11.3 Å². The van der Waals surface area contributed by atoms with Crippen LogP contribution in [0, 0.1) is 0 Å². The number of ether oxygens (including phenoxy) is 1. The summed E-state index contributed by atoms with van der Waals surface area (Å²) in [5.74, 6) is 1.04. The molecule has 0 aliphatic rings. The van der Waals surface area contributed by atoms with Crippen LogP contribution >= 0.6 is 0 Å². The summed E-state index contributed by atoms with van der Waals surface area (Å²) in [7, 11) is 1.71. The molecule has 0 amide bonds. The molecule has 26 heavy (non-hydrogen) atoms. The Morgan fingerprint density at radius 1 is 0.885 bits per heavy atom. The molecule has 0 fully saturated rings. The summed E-state index contributed by atoms with van der Waals surface area (Å²) < 4.78 is 5.43. The molecule has 3 aromatic carbocycles. The lowest BCUT2D eigenvalue weighted by atomic mass is 9.90. The average molecular weight is 339 g/mol. The maximum Gasteiger partial charge on any atom is 0.119 e. The molecule has 0 spiro atoms. The molecule has 2 nitrogen and oxygen atoms in total. The van der Waals surface area contributed by atoms with Gasteiger partial charge < -0.3 is 9.72 Å². The molecule has 4 rings (SSSR count). The summed E-state index contributed by atoms with van der Waals surface area (Å²) in [4.78, 5) is 3.40. The van der Waals surface area contributed by atoms with Crippen molar-refractivity contribution in [3.63, 3.8) is 0 Å². The minimum atomic E-state index is 0.164. The molecule has 4 aromatic rings. The number of hydrogen-bond acceptors (Lipinski definition) is 1. The minimum Gasteiger partial charge on any atom is -0.497 e. The van der Waals surface area contributed by atoms with Gasteiger partial charge in [-0.1, -0.05) is 72.8 Å². The predicted octanol–water partition coefficient (Wildman–Crippen LogP) is 6.02. The molecular formula is C24H21NO. The van der Waals surface area contributed by atoms with Crippen LogP contribution in [0.25, 0.3) is 17.0 Å². The maximum absolute atomic E-state index is 5.43. The van der Waals surface area contributed by atoms with E-state index < -0.39 is 0 Å². The Morgan fingerprint density at radius 3 is 2.35 bits per heavy atom. The molecule has 0 unspecified atom stereocenters. The van der Waals surface area contributed by atoms with E-state index in [1.54, 1.807) is 7.11 Å². The van der Waals surface area contributed by atoms with Gasteiger partial charge in [-0.05, 0) is 34.9 Å². The van der Waals surface area contributed by atoms with Crippen LogP contribution in [0.1, 0.15) is 22.6 Å². The summed E-state index contributed by atoms with van der Waals surface area (Å²) in [6, 6.07) is 27.2. The van der Waals surface area contributed by atoms with E-state index in [2.05, 4.69) is 90.1 Å². The second kappa shape index (κ2) is 7.32. The number of rotatable bonds is 5. The first-order valence-corrected chi connectivity index (χ1v) is 8.78. The van der Waals surface area contributed by atoms with E-state index in [-0.39, 0.29) is 5.92 Å². The molecule has 2 heteroatoms. The molecule has 0 saturated carbocycles. The van der Waals surface area contributed by atoms with E-state index in [0.29, 0.717) is 0 Å². The number of methoxy groups -OCH3 is 1. The lowest BCUT2D eigenvalue weighted by Gasteiger charge is -2.13. The number of aromatic nitrogens is 1. The summed E-state index contributed by atoms with van der Waals surface area (Å²) in [6.45, 7) is 0. The first-order valence-electron chi connectivity index (χ1n) is 8.78. The van der Waals surface area contributed by atoms with Crippen LogP contribution in [-0.4, -0.2) is 12.1 Å². The van der Waals surface area contributed by atoms with Gasteiger partial charge in [-0.25, -0.2) is 0 Å². The van der Waals surface area contributed by atoms with E-state index >= 15 is 0 Å². The number of fused-ring (bicyclic) bond motifs is 1. The molecule has 1 N–H and O–H groups in total. The van der Waals surface area contributed by atoms with Crippen molar-refractivity contribution in [2.45, 2.75) is 5.92 Å². The van der Waals surface area contributed by atoms with Crippen LogP contribution in [0.2, 0.25) is 0 Å². The van der Waals surface area contributed by atoms with Gasteiger partial charge in [-0.15, -0.1) is 0 Å². The van der Waals surface area contributed by atoms with Crippen LogP contribution in [0.5, 0.6) is 5.75 Å². The van der Waals surface area contributed by atoms with Gasteiger partial charge in [-0.3, -0.25) is 0 Å². The Kier molecular flexibility index (Phi) is 4.57. The molecule has 0 radical (unpaired) electrons. The average Bonchev–Trinajstić information content (AvgIpc) is 3.13. The second-order valence-electron chi connectivity index (χ2n) is 6.31. The fourth-order valence-electron chi connectivity index (χ4n) is 3.33. The number of benzene rings is 3. The number of allylic oxidation sites excluding steroid dienone is 1. The Labute approximate surface area is 153 Å². The van der Waals surface area contributed by atoms with Gasteiger partial charge >= 0.3 is 0 Å². The summed E-state index contributed by atoms with van der Waals surface area (Å²) in [6.07, 6.45) is 6.57. The monoisotopic (exact) mass is 339 g/mol. The topological polar surface area (TPSA) is 25.0 Å². The molecule has 0 aliphatic carbocycles. The standard InChI is InChI=1S/C24H21NO/c1-26-20-13-15-24-22(16-20)23(17-25-24)21(19-10-6-3-7-11-19)14-12-18-8-4-2-5-9-18/h2-17,21,25H,1H3/b14-12+/t21-/m0/s1. The molecule has 0 aliphatic heterocycles. The van der Waals surface area contributed by atoms with Crippen LogP contribution < -0.4 is 4.74 Å². The van der Waals surface area contributed by atoms with Gasteiger partial charge in [0.15, 0.2) is 0 Å². The summed E-state index contributed by atoms with van der Waals surface area (Å²) >= 11 is 0. The number of aromatic amines is 1. The zero-order valence-electron chi connectivity index (χ0n) is 14.7. The smallest absolute Gasteiger partial charge is 0.119 e. The molecular weight excluding hydrogens is 318 g/mol. The highest BCUT2D eigenvalue weighted by atomic mass is 16.5. The van der Waals surface area contributed by atoms with Crippen molar-refractivity contribution < 1.29 is 4.74 Å². The van der Waals surface area contributed by atoms with Gasteiger partial charge in [-0.2, -0.15) is 0 Å². The number of nitrogens with one attached hydrogen (secondary N) is 1. The molecule has 0 saturated heterocycles. The van der Waals surface area contributed by atoms with Gasteiger partial charge in [0.2, 0.25) is 0 Å². The SMILES string of the molecule is COc1ccc2[nH]cc([C@@H](/C=C/c3ccccc3)c3ccccc3)c2c1. The van der Waals surface area contributed by atoms with Crippen LogP contribution in [0.4, 0.5) is 0 Å². The third kappa shape index (κ3) is 3.27. The van der Waals surface area contributed by atoms with Gasteiger partial charge in [0.1, 0.15) is 5.75 Å². The molecule has 0 bridgehead atoms. The highest BCUT2D eigenvalue weighted by Crippen LogP contribution is 2.34. The predicted molar refractivity (Wildman–Crippen MR) is 109 cm³/mol. The third-order valence-electron chi connectivity index (χ3n) is 4.70.